The van der Waals surface area contributed by atoms with Crippen LogP contribution in [0.2, 0.25) is 0 Å². The van der Waals surface area contributed by atoms with E-state index in [1.54, 1.807) is 54.7 Å². The number of sulfone groups is 1. The molecular weight excluding hydrogens is 480 g/mol. The van der Waals surface area contributed by atoms with Crippen LogP contribution in [0.15, 0.2) is 102 Å². The number of aromatic nitrogens is 2. The fourth-order valence-corrected chi connectivity index (χ4v) is 5.45. The Bertz CT molecular complexity index is 1460. The lowest BCUT2D eigenvalue weighted by Gasteiger charge is -2.19. The van der Waals surface area contributed by atoms with Gasteiger partial charge in [0.2, 0.25) is 0 Å². The minimum absolute atomic E-state index is 0.0532. The number of carbonyl (C=O) groups is 2. The SMILES string of the molecule is O=C(O)CC(c1cccnc1)S(=O)(=O)c1ccccc1NC(=O)c1ccc(Nc2ccccn2)cc1. The van der Waals surface area contributed by atoms with Gasteiger partial charge < -0.3 is 15.7 Å². The molecule has 0 aliphatic heterocycles. The Morgan fingerprint density at radius 2 is 1.64 bits per heavy atom. The van der Waals surface area contributed by atoms with E-state index in [0.29, 0.717) is 11.4 Å². The Morgan fingerprint density at radius 1 is 0.889 bits per heavy atom. The summed E-state index contributed by atoms with van der Waals surface area (Å²) in [6, 6.07) is 21.0. The van der Waals surface area contributed by atoms with Crippen molar-refractivity contribution in [3.63, 3.8) is 0 Å². The molecule has 9 nitrogen and oxygen atoms in total. The van der Waals surface area contributed by atoms with Gasteiger partial charge in [0.05, 0.1) is 17.0 Å². The number of carboxylic acids is 1. The highest BCUT2D eigenvalue weighted by Crippen LogP contribution is 2.35. The van der Waals surface area contributed by atoms with E-state index in [1.807, 2.05) is 6.07 Å². The first kappa shape index (κ1) is 24.6. The predicted octanol–water partition coefficient (Wildman–Crippen LogP) is 4.46. The van der Waals surface area contributed by atoms with E-state index >= 15 is 0 Å². The van der Waals surface area contributed by atoms with Crippen LogP contribution in [-0.2, 0) is 14.6 Å². The highest BCUT2D eigenvalue weighted by molar-refractivity contribution is 7.91. The summed E-state index contributed by atoms with van der Waals surface area (Å²) in [7, 11) is -4.20. The lowest BCUT2D eigenvalue weighted by molar-refractivity contribution is -0.137. The number of anilines is 3. The maximum absolute atomic E-state index is 13.6. The Kier molecular flexibility index (Phi) is 7.36. The molecule has 0 fully saturated rings. The first-order valence-electron chi connectivity index (χ1n) is 10.9. The van der Waals surface area contributed by atoms with Crippen molar-refractivity contribution in [2.75, 3.05) is 10.6 Å². The molecule has 0 radical (unpaired) electrons. The molecule has 10 heteroatoms. The third kappa shape index (κ3) is 5.73. The minimum atomic E-state index is -4.20. The Labute approximate surface area is 207 Å². The summed E-state index contributed by atoms with van der Waals surface area (Å²) >= 11 is 0. The molecule has 0 spiro atoms. The zero-order valence-electron chi connectivity index (χ0n) is 18.9. The van der Waals surface area contributed by atoms with Gasteiger partial charge in [-0.3, -0.25) is 14.6 Å². The van der Waals surface area contributed by atoms with Gasteiger partial charge in [-0.1, -0.05) is 24.3 Å². The summed E-state index contributed by atoms with van der Waals surface area (Å²) in [5.74, 6) is -1.13. The van der Waals surface area contributed by atoms with E-state index in [9.17, 15) is 23.1 Å². The standard InChI is InChI=1S/C26H22N4O5S/c31-25(32)16-23(19-6-5-14-27-17-19)36(34,35)22-8-2-1-7-21(22)30-26(33)18-10-12-20(13-11-18)29-24-9-3-4-15-28-24/h1-15,17,23H,16H2,(H,28,29)(H,30,33)(H,31,32). The van der Waals surface area contributed by atoms with Crippen molar-refractivity contribution < 1.29 is 23.1 Å². The number of nitrogens with one attached hydrogen (secondary N) is 2. The van der Waals surface area contributed by atoms with Crippen LogP contribution in [0.4, 0.5) is 17.2 Å². The molecule has 2 aromatic heterocycles. The summed E-state index contributed by atoms with van der Waals surface area (Å²) in [5, 5.41) is 13.8. The minimum Gasteiger partial charge on any atom is -0.481 e. The van der Waals surface area contributed by atoms with Crippen molar-refractivity contribution >= 4 is 38.9 Å². The lowest BCUT2D eigenvalue weighted by Crippen LogP contribution is -2.20. The van der Waals surface area contributed by atoms with Crippen LogP contribution < -0.4 is 10.6 Å². The number of benzene rings is 2. The van der Waals surface area contributed by atoms with E-state index in [0.717, 1.165) is 5.69 Å². The van der Waals surface area contributed by atoms with Gasteiger partial charge in [-0.05, 0) is 60.2 Å². The van der Waals surface area contributed by atoms with Crippen LogP contribution in [-0.4, -0.2) is 35.4 Å². The maximum atomic E-state index is 13.6. The highest BCUT2D eigenvalue weighted by atomic mass is 32.2. The number of para-hydroxylation sites is 1. The monoisotopic (exact) mass is 502 g/mol. The van der Waals surface area contributed by atoms with Gasteiger partial charge in [-0.15, -0.1) is 0 Å². The molecule has 4 aromatic rings. The average Bonchev–Trinajstić information content (AvgIpc) is 2.89. The largest absolute Gasteiger partial charge is 0.481 e. The molecule has 1 amide bonds. The molecule has 182 valence electrons. The summed E-state index contributed by atoms with van der Waals surface area (Å²) in [6.45, 7) is 0. The quantitative estimate of drug-likeness (QED) is 0.305. The zero-order chi connectivity index (χ0) is 25.5. The molecule has 0 aliphatic carbocycles. The number of amides is 1. The van der Waals surface area contributed by atoms with Crippen LogP contribution in [0.5, 0.6) is 0 Å². The van der Waals surface area contributed by atoms with Crippen LogP contribution >= 0.6 is 0 Å². The summed E-state index contributed by atoms with van der Waals surface area (Å²) in [4.78, 5) is 32.4. The van der Waals surface area contributed by atoms with E-state index in [-0.39, 0.29) is 16.1 Å². The van der Waals surface area contributed by atoms with Crippen LogP contribution in [0.1, 0.15) is 27.6 Å². The number of carbonyl (C=O) groups excluding carboxylic acids is 1. The van der Waals surface area contributed by atoms with Gasteiger partial charge in [0.15, 0.2) is 9.84 Å². The Balaban J connectivity index is 1.58. The van der Waals surface area contributed by atoms with Crippen LogP contribution in [0, 0.1) is 0 Å². The second-order valence-corrected chi connectivity index (χ2v) is 9.88. The van der Waals surface area contributed by atoms with E-state index < -0.39 is 33.4 Å². The lowest BCUT2D eigenvalue weighted by atomic mass is 10.1. The molecule has 4 rings (SSSR count). The normalized spacial score (nSPS) is 11.9. The van der Waals surface area contributed by atoms with Crippen molar-refractivity contribution in [1.29, 1.82) is 0 Å². The Hall–Kier alpha value is -4.57. The van der Waals surface area contributed by atoms with Crippen molar-refractivity contribution in [1.82, 2.24) is 9.97 Å². The topological polar surface area (TPSA) is 138 Å². The molecule has 0 bridgehead atoms. The van der Waals surface area contributed by atoms with Gasteiger partial charge in [0, 0.05) is 29.8 Å². The predicted molar refractivity (Wildman–Crippen MR) is 135 cm³/mol. The fraction of sp³-hybridized carbons (Fsp3) is 0.0769. The number of carboxylic acid groups (broad SMARTS) is 1. The molecule has 1 atom stereocenters. The third-order valence-corrected chi connectivity index (χ3v) is 7.47. The van der Waals surface area contributed by atoms with Gasteiger partial charge in [-0.25, -0.2) is 13.4 Å². The summed E-state index contributed by atoms with van der Waals surface area (Å²) in [5.41, 5.74) is 1.33. The van der Waals surface area contributed by atoms with Crippen LogP contribution in [0.25, 0.3) is 0 Å². The number of hydrogen-bond donors (Lipinski definition) is 3. The van der Waals surface area contributed by atoms with Gasteiger partial charge in [0.1, 0.15) is 11.1 Å². The fourth-order valence-electron chi connectivity index (χ4n) is 3.59. The van der Waals surface area contributed by atoms with Crippen molar-refractivity contribution in [2.45, 2.75) is 16.6 Å². The first-order chi connectivity index (χ1) is 17.3. The molecule has 0 saturated heterocycles. The molecule has 2 aromatic carbocycles. The van der Waals surface area contributed by atoms with Crippen molar-refractivity contribution in [3.05, 3.63) is 109 Å². The Morgan fingerprint density at radius 3 is 2.31 bits per heavy atom. The number of pyridine rings is 2. The number of rotatable bonds is 9. The van der Waals surface area contributed by atoms with Gasteiger partial charge in [-0.2, -0.15) is 0 Å². The smallest absolute Gasteiger partial charge is 0.305 e. The molecule has 2 heterocycles. The first-order valence-corrected chi connectivity index (χ1v) is 12.4. The second-order valence-electron chi connectivity index (χ2n) is 7.79. The molecule has 3 N–H and O–H groups in total. The summed E-state index contributed by atoms with van der Waals surface area (Å²) in [6.07, 6.45) is 3.80. The number of aliphatic carboxylic acids is 1. The van der Waals surface area contributed by atoms with E-state index in [1.165, 1.54) is 36.7 Å². The highest BCUT2D eigenvalue weighted by Gasteiger charge is 2.33. The van der Waals surface area contributed by atoms with E-state index in [4.69, 9.17) is 0 Å². The molecule has 1 unspecified atom stereocenters. The summed E-state index contributed by atoms with van der Waals surface area (Å²) < 4.78 is 27.1. The molecule has 0 aliphatic rings. The van der Waals surface area contributed by atoms with Crippen molar-refractivity contribution in [3.8, 4) is 0 Å². The average molecular weight is 503 g/mol. The number of hydrogen-bond acceptors (Lipinski definition) is 7. The third-order valence-electron chi connectivity index (χ3n) is 5.32. The van der Waals surface area contributed by atoms with E-state index in [2.05, 4.69) is 20.6 Å². The maximum Gasteiger partial charge on any atom is 0.305 e. The van der Waals surface area contributed by atoms with Gasteiger partial charge in [0.25, 0.3) is 5.91 Å². The number of nitrogens with zero attached hydrogens (tertiary/aromatic N) is 2. The zero-order valence-corrected chi connectivity index (χ0v) is 19.7. The molecule has 36 heavy (non-hydrogen) atoms. The second kappa shape index (κ2) is 10.8. The van der Waals surface area contributed by atoms with Crippen LogP contribution in [0.3, 0.4) is 0 Å². The van der Waals surface area contributed by atoms with Gasteiger partial charge >= 0.3 is 5.97 Å². The molecule has 0 saturated carbocycles. The van der Waals surface area contributed by atoms with Crippen molar-refractivity contribution in [2.24, 2.45) is 0 Å². The molecular formula is C26H22N4O5S.